The minimum Gasteiger partial charge on any atom is -0.338 e. The second kappa shape index (κ2) is 7.23. The van der Waals surface area contributed by atoms with Crippen LogP contribution >= 0.6 is 0 Å². The van der Waals surface area contributed by atoms with E-state index >= 15 is 0 Å². The van der Waals surface area contributed by atoms with E-state index in [1.165, 1.54) is 17.7 Å². The number of piperidine rings is 1. The third kappa shape index (κ3) is 3.51. The third-order valence-electron chi connectivity index (χ3n) is 5.32. The first-order valence-electron chi connectivity index (χ1n) is 9.38. The highest BCUT2D eigenvalue weighted by molar-refractivity contribution is 5.37. The molecule has 2 aromatic heterocycles. The van der Waals surface area contributed by atoms with Gasteiger partial charge < -0.3 is 4.52 Å². The van der Waals surface area contributed by atoms with Gasteiger partial charge in [0, 0.05) is 17.8 Å². The van der Waals surface area contributed by atoms with Crippen molar-refractivity contribution >= 4 is 0 Å². The van der Waals surface area contributed by atoms with Gasteiger partial charge in [0.25, 0.3) is 0 Å². The van der Waals surface area contributed by atoms with Crippen molar-refractivity contribution in [1.82, 2.24) is 24.8 Å². The fraction of sp³-hybridized carbons (Fsp3) is 0.450. The van der Waals surface area contributed by atoms with Crippen LogP contribution in [0.3, 0.4) is 0 Å². The van der Waals surface area contributed by atoms with Crippen molar-refractivity contribution < 1.29 is 8.91 Å². The number of rotatable bonds is 4. The van der Waals surface area contributed by atoms with Crippen LogP contribution in [-0.2, 0) is 6.54 Å². The van der Waals surface area contributed by atoms with Crippen LogP contribution in [0.5, 0.6) is 0 Å². The summed E-state index contributed by atoms with van der Waals surface area (Å²) in [5.41, 5.74) is 4.13. The zero-order chi connectivity index (χ0) is 19.0. The summed E-state index contributed by atoms with van der Waals surface area (Å²) >= 11 is 0. The third-order valence-corrected chi connectivity index (χ3v) is 5.32. The van der Waals surface area contributed by atoms with Crippen molar-refractivity contribution in [3.8, 4) is 5.69 Å². The quantitative estimate of drug-likeness (QED) is 0.694. The van der Waals surface area contributed by atoms with Gasteiger partial charge >= 0.3 is 0 Å². The number of nitrogens with zero attached hydrogens (tertiary/aromatic N) is 5. The predicted octanol–water partition coefficient (Wildman–Crippen LogP) is 4.05. The summed E-state index contributed by atoms with van der Waals surface area (Å²) in [7, 11) is 0. The number of benzene rings is 1. The molecule has 1 atom stereocenters. The average Bonchev–Trinajstić information content (AvgIpc) is 3.21. The van der Waals surface area contributed by atoms with E-state index < -0.39 is 0 Å². The molecule has 3 heterocycles. The zero-order valence-electron chi connectivity index (χ0n) is 15.9. The highest BCUT2D eigenvalue weighted by Crippen LogP contribution is 2.32. The van der Waals surface area contributed by atoms with E-state index in [2.05, 4.69) is 22.0 Å². The Morgan fingerprint density at radius 2 is 1.93 bits per heavy atom. The van der Waals surface area contributed by atoms with Crippen molar-refractivity contribution in [2.75, 3.05) is 6.54 Å². The number of hydrogen-bond acceptors (Lipinski definition) is 5. The molecule has 0 spiro atoms. The van der Waals surface area contributed by atoms with Crippen LogP contribution in [0.2, 0.25) is 0 Å². The Morgan fingerprint density at radius 3 is 2.63 bits per heavy atom. The molecule has 7 heteroatoms. The van der Waals surface area contributed by atoms with E-state index in [0.717, 1.165) is 49.4 Å². The van der Waals surface area contributed by atoms with Crippen LogP contribution in [0.4, 0.5) is 4.39 Å². The van der Waals surface area contributed by atoms with Crippen molar-refractivity contribution in [2.24, 2.45) is 0 Å². The van der Waals surface area contributed by atoms with Crippen molar-refractivity contribution in [1.29, 1.82) is 0 Å². The molecule has 4 rings (SSSR count). The highest BCUT2D eigenvalue weighted by Gasteiger charge is 2.30. The van der Waals surface area contributed by atoms with Gasteiger partial charge in [-0.2, -0.15) is 10.1 Å². The van der Waals surface area contributed by atoms with E-state index in [4.69, 9.17) is 9.62 Å². The molecule has 0 N–H and O–H groups in total. The number of halogens is 1. The van der Waals surface area contributed by atoms with Crippen molar-refractivity contribution in [2.45, 2.75) is 52.6 Å². The first kappa shape index (κ1) is 17.9. The molecular weight excluding hydrogens is 345 g/mol. The number of hydrogen-bond donors (Lipinski definition) is 0. The molecule has 0 bridgehead atoms. The Bertz CT molecular complexity index is 931. The van der Waals surface area contributed by atoms with Crippen LogP contribution in [0.15, 0.2) is 28.8 Å². The van der Waals surface area contributed by atoms with Crippen molar-refractivity contribution in [3.63, 3.8) is 0 Å². The second-order valence-corrected chi connectivity index (χ2v) is 7.20. The Balaban J connectivity index is 1.62. The molecule has 1 aliphatic heterocycles. The summed E-state index contributed by atoms with van der Waals surface area (Å²) in [6.45, 7) is 7.71. The van der Waals surface area contributed by atoms with Gasteiger partial charge in [-0.25, -0.2) is 9.07 Å². The maximum Gasteiger partial charge on any atom is 0.243 e. The summed E-state index contributed by atoms with van der Waals surface area (Å²) in [6.07, 6.45) is 3.34. The average molecular weight is 369 g/mol. The molecule has 6 nitrogen and oxygen atoms in total. The normalized spacial score (nSPS) is 18.1. The Kier molecular flexibility index (Phi) is 4.78. The van der Waals surface area contributed by atoms with Gasteiger partial charge in [-0.05, 0) is 64.4 Å². The molecule has 3 aromatic rings. The molecule has 0 unspecified atom stereocenters. The van der Waals surface area contributed by atoms with E-state index in [0.29, 0.717) is 11.7 Å². The summed E-state index contributed by atoms with van der Waals surface area (Å²) in [6, 6.07) is 6.58. The largest absolute Gasteiger partial charge is 0.338 e. The van der Waals surface area contributed by atoms with E-state index in [-0.39, 0.29) is 11.9 Å². The molecular formula is C20H24FN5O. The predicted molar refractivity (Wildman–Crippen MR) is 99.0 cm³/mol. The molecule has 0 amide bonds. The van der Waals surface area contributed by atoms with Crippen LogP contribution in [-0.4, -0.2) is 31.4 Å². The van der Waals surface area contributed by atoms with Gasteiger partial charge in [0.15, 0.2) is 5.82 Å². The lowest BCUT2D eigenvalue weighted by Gasteiger charge is -2.33. The van der Waals surface area contributed by atoms with Gasteiger partial charge in [0.2, 0.25) is 5.89 Å². The number of aryl methyl sites for hydroxylation is 2. The topological polar surface area (TPSA) is 60.0 Å². The zero-order valence-corrected chi connectivity index (χ0v) is 15.9. The van der Waals surface area contributed by atoms with E-state index in [1.807, 2.05) is 18.5 Å². The minimum atomic E-state index is -0.244. The summed E-state index contributed by atoms with van der Waals surface area (Å²) in [5, 5.41) is 8.65. The second-order valence-electron chi connectivity index (χ2n) is 7.20. The summed E-state index contributed by atoms with van der Waals surface area (Å²) < 4.78 is 20.6. The smallest absolute Gasteiger partial charge is 0.243 e. The Morgan fingerprint density at radius 1 is 1.15 bits per heavy atom. The van der Waals surface area contributed by atoms with Gasteiger partial charge in [-0.1, -0.05) is 11.6 Å². The molecule has 0 saturated carbocycles. The number of likely N-dealkylation sites (tertiary alicyclic amines) is 1. The summed E-state index contributed by atoms with van der Waals surface area (Å²) in [5.74, 6) is 1.13. The maximum absolute atomic E-state index is 13.2. The molecule has 1 fully saturated rings. The van der Waals surface area contributed by atoms with Crippen LogP contribution < -0.4 is 0 Å². The first-order chi connectivity index (χ1) is 13.0. The fourth-order valence-electron chi connectivity index (χ4n) is 3.85. The molecule has 1 aliphatic rings. The fourth-order valence-corrected chi connectivity index (χ4v) is 3.85. The summed E-state index contributed by atoms with van der Waals surface area (Å²) in [4.78, 5) is 6.86. The Labute approximate surface area is 158 Å². The van der Waals surface area contributed by atoms with E-state index in [1.54, 1.807) is 12.1 Å². The molecule has 27 heavy (non-hydrogen) atoms. The highest BCUT2D eigenvalue weighted by atomic mass is 19.1. The van der Waals surface area contributed by atoms with Crippen LogP contribution in [0.25, 0.3) is 5.69 Å². The minimum absolute atomic E-state index is 0.146. The lowest BCUT2D eigenvalue weighted by atomic mass is 10.0. The van der Waals surface area contributed by atoms with Gasteiger partial charge in [-0.15, -0.1) is 0 Å². The lowest BCUT2D eigenvalue weighted by Crippen LogP contribution is -2.33. The molecule has 1 saturated heterocycles. The standard InChI is InChI=1S/C20H24FN5O/c1-13-18(14(2)26(23-13)17-9-7-16(21)8-10-17)12-25-11-5-4-6-19(25)20-22-15(3)24-27-20/h7-10,19H,4-6,11-12H2,1-3H3/t19-/m1/s1. The lowest BCUT2D eigenvalue weighted by molar-refractivity contribution is 0.111. The Hall–Kier alpha value is -2.54. The van der Waals surface area contributed by atoms with Crippen LogP contribution in [0, 0.1) is 26.6 Å². The van der Waals surface area contributed by atoms with Gasteiger partial charge in [0.05, 0.1) is 17.4 Å². The van der Waals surface area contributed by atoms with Crippen molar-refractivity contribution in [3.05, 3.63) is 58.7 Å². The molecule has 142 valence electrons. The van der Waals surface area contributed by atoms with Gasteiger partial charge in [-0.3, -0.25) is 4.90 Å². The molecule has 0 radical (unpaired) electrons. The molecule has 0 aliphatic carbocycles. The van der Waals surface area contributed by atoms with Crippen LogP contribution in [0.1, 0.15) is 54.0 Å². The molecule has 1 aromatic carbocycles. The van der Waals surface area contributed by atoms with Gasteiger partial charge in [0.1, 0.15) is 5.82 Å². The first-order valence-corrected chi connectivity index (χ1v) is 9.38. The van der Waals surface area contributed by atoms with E-state index in [9.17, 15) is 4.39 Å². The SMILES string of the molecule is Cc1noc([C@H]2CCCCN2Cc2c(C)nn(-c3ccc(F)cc3)c2C)n1. The maximum atomic E-state index is 13.2. The monoisotopic (exact) mass is 369 g/mol. The number of aromatic nitrogens is 4.